The van der Waals surface area contributed by atoms with E-state index in [9.17, 15) is 9.59 Å². The van der Waals surface area contributed by atoms with Crippen LogP contribution in [0.2, 0.25) is 0 Å². The predicted molar refractivity (Wildman–Crippen MR) is 66.6 cm³/mol. The topological polar surface area (TPSA) is 89.2 Å². The number of nitrogens with zero attached hydrogens (tertiary/aromatic N) is 3. The molecule has 2 heterocycles. The minimum Gasteiger partial charge on any atom is -0.398 e. The molecule has 0 unspecified atom stereocenters. The van der Waals surface area contributed by atoms with Crippen LogP contribution >= 0.6 is 11.3 Å². The van der Waals surface area contributed by atoms with Gasteiger partial charge in [0, 0.05) is 5.69 Å². The van der Waals surface area contributed by atoms with Gasteiger partial charge in [-0.2, -0.15) is 0 Å². The van der Waals surface area contributed by atoms with Crippen LogP contribution in [0.15, 0.2) is 18.2 Å². The fourth-order valence-electron chi connectivity index (χ4n) is 1.86. The summed E-state index contributed by atoms with van der Waals surface area (Å²) in [5.41, 5.74) is 6.60. The highest BCUT2D eigenvalue weighted by atomic mass is 32.1. The maximum Gasteiger partial charge on any atom is 0.270 e. The van der Waals surface area contributed by atoms with Crippen LogP contribution in [0.25, 0.3) is 0 Å². The van der Waals surface area contributed by atoms with Crippen molar-refractivity contribution in [2.24, 2.45) is 0 Å². The van der Waals surface area contributed by atoms with Crippen LogP contribution in [0.3, 0.4) is 0 Å². The largest absolute Gasteiger partial charge is 0.398 e. The SMILES string of the molecule is Cc1nnc(N2C(=O)c3cccc(N)c3C2=O)s1. The van der Waals surface area contributed by atoms with E-state index in [1.807, 2.05) is 0 Å². The molecule has 0 radical (unpaired) electrons. The number of imide groups is 1. The highest BCUT2D eigenvalue weighted by Crippen LogP contribution is 2.32. The maximum atomic E-state index is 12.2. The summed E-state index contributed by atoms with van der Waals surface area (Å²) >= 11 is 1.19. The molecule has 0 fully saturated rings. The van der Waals surface area contributed by atoms with Crippen LogP contribution in [0.4, 0.5) is 10.8 Å². The summed E-state index contributed by atoms with van der Waals surface area (Å²) in [7, 11) is 0. The van der Waals surface area contributed by atoms with Crippen LogP contribution in [0.1, 0.15) is 25.7 Å². The first kappa shape index (κ1) is 10.8. The summed E-state index contributed by atoms with van der Waals surface area (Å²) < 4.78 is 0. The van der Waals surface area contributed by atoms with Crippen molar-refractivity contribution in [3.8, 4) is 0 Å². The highest BCUT2D eigenvalue weighted by Gasteiger charge is 2.39. The molecular formula is C11H8N4O2S. The van der Waals surface area contributed by atoms with Crippen molar-refractivity contribution in [3.63, 3.8) is 0 Å². The number of carbonyl (C=O) groups is 2. The number of nitrogens with two attached hydrogens (primary N) is 1. The Balaban J connectivity index is 2.16. The quantitative estimate of drug-likeness (QED) is 0.615. The molecule has 1 aromatic carbocycles. The van der Waals surface area contributed by atoms with Gasteiger partial charge in [0.15, 0.2) is 0 Å². The van der Waals surface area contributed by atoms with Crippen LogP contribution in [0, 0.1) is 6.92 Å². The van der Waals surface area contributed by atoms with Crippen molar-refractivity contribution >= 4 is 34.0 Å². The molecule has 18 heavy (non-hydrogen) atoms. The number of anilines is 2. The zero-order chi connectivity index (χ0) is 12.9. The van der Waals surface area contributed by atoms with E-state index in [4.69, 9.17) is 5.73 Å². The molecule has 0 aliphatic carbocycles. The summed E-state index contributed by atoms with van der Waals surface area (Å²) in [6, 6.07) is 4.83. The molecule has 0 spiro atoms. The number of benzene rings is 1. The molecule has 0 atom stereocenters. The number of hydrogen-bond donors (Lipinski definition) is 1. The predicted octanol–water partition coefficient (Wildman–Crippen LogP) is 1.23. The smallest absolute Gasteiger partial charge is 0.270 e. The molecule has 0 bridgehead atoms. The first-order valence-electron chi connectivity index (χ1n) is 5.17. The minimum atomic E-state index is -0.441. The van der Waals surface area contributed by atoms with E-state index < -0.39 is 11.8 Å². The second-order valence-corrected chi connectivity index (χ2v) is 4.98. The normalized spacial score (nSPS) is 14.2. The zero-order valence-corrected chi connectivity index (χ0v) is 10.2. The van der Waals surface area contributed by atoms with E-state index in [-0.39, 0.29) is 10.7 Å². The van der Waals surface area contributed by atoms with Crippen LogP contribution in [-0.4, -0.2) is 22.0 Å². The molecule has 1 aliphatic heterocycles. The average molecular weight is 260 g/mol. The first-order chi connectivity index (χ1) is 8.59. The van der Waals surface area contributed by atoms with Crippen LogP contribution in [0.5, 0.6) is 0 Å². The van der Waals surface area contributed by atoms with Gasteiger partial charge in [-0.1, -0.05) is 17.4 Å². The second-order valence-electron chi connectivity index (χ2n) is 3.82. The second kappa shape index (κ2) is 3.61. The fraction of sp³-hybridized carbons (Fsp3) is 0.0909. The van der Waals surface area contributed by atoms with Gasteiger partial charge in [0.2, 0.25) is 5.13 Å². The standard InChI is InChI=1S/C11H8N4O2S/c1-5-13-14-11(18-5)15-9(16)6-3-2-4-7(12)8(6)10(15)17/h2-4H,12H2,1H3. The van der Waals surface area contributed by atoms with Gasteiger partial charge in [-0.3, -0.25) is 9.59 Å². The molecule has 6 nitrogen and oxygen atoms in total. The Morgan fingerprint density at radius 1 is 1.22 bits per heavy atom. The monoisotopic (exact) mass is 260 g/mol. The van der Waals surface area contributed by atoms with Crippen molar-refractivity contribution in [1.29, 1.82) is 0 Å². The van der Waals surface area contributed by atoms with E-state index in [2.05, 4.69) is 10.2 Å². The van der Waals surface area contributed by atoms with Crippen molar-refractivity contribution < 1.29 is 9.59 Å². The molecule has 2 aromatic rings. The van der Waals surface area contributed by atoms with Gasteiger partial charge in [-0.05, 0) is 19.1 Å². The van der Waals surface area contributed by atoms with Crippen molar-refractivity contribution in [2.45, 2.75) is 6.92 Å². The Labute approximate surface area is 106 Å². The van der Waals surface area contributed by atoms with Crippen LogP contribution < -0.4 is 10.6 Å². The molecule has 0 saturated heterocycles. The molecule has 1 aliphatic rings. The number of aromatic nitrogens is 2. The Morgan fingerprint density at radius 2 is 2.00 bits per heavy atom. The van der Waals surface area contributed by atoms with E-state index in [0.29, 0.717) is 16.3 Å². The number of amides is 2. The van der Waals surface area contributed by atoms with E-state index in [1.165, 1.54) is 11.3 Å². The maximum absolute atomic E-state index is 12.2. The molecular weight excluding hydrogens is 252 g/mol. The summed E-state index contributed by atoms with van der Waals surface area (Å²) in [5, 5.41) is 8.60. The number of aryl methyl sites for hydroxylation is 1. The van der Waals surface area contributed by atoms with Crippen molar-refractivity contribution in [3.05, 3.63) is 34.3 Å². The lowest BCUT2D eigenvalue weighted by atomic mass is 10.1. The van der Waals surface area contributed by atoms with Crippen molar-refractivity contribution in [1.82, 2.24) is 10.2 Å². The molecule has 2 amide bonds. The third-order valence-electron chi connectivity index (χ3n) is 2.65. The lowest BCUT2D eigenvalue weighted by molar-refractivity contribution is 0.0926. The highest BCUT2D eigenvalue weighted by molar-refractivity contribution is 7.15. The summed E-state index contributed by atoms with van der Waals surface area (Å²) in [6.07, 6.45) is 0. The van der Waals surface area contributed by atoms with Gasteiger partial charge < -0.3 is 5.73 Å². The molecule has 7 heteroatoms. The fourth-order valence-corrected chi connectivity index (χ4v) is 2.55. The first-order valence-corrected chi connectivity index (χ1v) is 5.98. The Kier molecular flexibility index (Phi) is 2.17. The minimum absolute atomic E-state index is 0.246. The Morgan fingerprint density at radius 3 is 2.61 bits per heavy atom. The molecule has 90 valence electrons. The van der Waals surface area contributed by atoms with Gasteiger partial charge in [0.25, 0.3) is 11.8 Å². The lowest BCUT2D eigenvalue weighted by Gasteiger charge is -2.07. The number of hydrogen-bond acceptors (Lipinski definition) is 6. The van der Waals surface area contributed by atoms with Crippen LogP contribution in [-0.2, 0) is 0 Å². The van der Waals surface area contributed by atoms with Gasteiger partial charge in [0.05, 0.1) is 11.1 Å². The van der Waals surface area contributed by atoms with E-state index >= 15 is 0 Å². The van der Waals surface area contributed by atoms with E-state index in [1.54, 1.807) is 25.1 Å². The van der Waals surface area contributed by atoms with Crippen molar-refractivity contribution in [2.75, 3.05) is 10.6 Å². The average Bonchev–Trinajstić information content (AvgIpc) is 2.84. The lowest BCUT2D eigenvalue weighted by Crippen LogP contribution is -2.29. The number of nitrogen functional groups attached to an aromatic ring is 1. The van der Waals surface area contributed by atoms with E-state index in [0.717, 1.165) is 4.90 Å². The third-order valence-corrected chi connectivity index (χ3v) is 3.48. The number of fused-ring (bicyclic) bond motifs is 1. The zero-order valence-electron chi connectivity index (χ0n) is 9.38. The Bertz CT molecular complexity index is 679. The molecule has 0 saturated carbocycles. The number of rotatable bonds is 1. The molecule has 1 aromatic heterocycles. The number of carbonyl (C=O) groups excluding carboxylic acids is 2. The van der Waals surface area contributed by atoms with Gasteiger partial charge in [-0.25, -0.2) is 4.90 Å². The third kappa shape index (κ3) is 1.34. The Hall–Kier alpha value is -2.28. The molecule has 3 rings (SSSR count). The van der Waals surface area contributed by atoms with Gasteiger partial charge >= 0.3 is 0 Å². The summed E-state index contributed by atoms with van der Waals surface area (Å²) in [4.78, 5) is 25.4. The summed E-state index contributed by atoms with van der Waals surface area (Å²) in [5.74, 6) is -0.845. The van der Waals surface area contributed by atoms with Gasteiger partial charge in [0.1, 0.15) is 5.01 Å². The molecule has 2 N–H and O–H groups in total. The van der Waals surface area contributed by atoms with Gasteiger partial charge in [-0.15, -0.1) is 10.2 Å². The summed E-state index contributed by atoms with van der Waals surface area (Å²) in [6.45, 7) is 1.76.